The zero-order chi connectivity index (χ0) is 13.1. The first kappa shape index (κ1) is 13.2. The summed E-state index contributed by atoms with van der Waals surface area (Å²) >= 11 is 0. The molecule has 18 heavy (non-hydrogen) atoms. The lowest BCUT2D eigenvalue weighted by Crippen LogP contribution is -2.36. The average molecular weight is 251 g/mol. The van der Waals surface area contributed by atoms with Gasteiger partial charge in [-0.3, -0.25) is 19.3 Å². The Morgan fingerprint density at radius 1 is 1.11 bits per heavy atom. The molecule has 0 radical (unpaired) electrons. The molecule has 1 saturated heterocycles. The van der Waals surface area contributed by atoms with E-state index >= 15 is 0 Å². The average Bonchev–Trinajstić information content (AvgIpc) is 2.70. The van der Waals surface area contributed by atoms with Crippen molar-refractivity contribution in [2.24, 2.45) is 11.8 Å². The van der Waals surface area contributed by atoms with Crippen LogP contribution < -0.4 is 0 Å². The standard InChI is InChI=1S/C14H21NO3/c1-2-12(16)11-5-3-10(4-6-11)9-15-13(17)7-8-14(15)18/h10-11H,2-9H2,1H3. The van der Waals surface area contributed by atoms with Gasteiger partial charge >= 0.3 is 0 Å². The number of Topliss-reactive ketones (excluding diaryl/α,β-unsaturated/α-hetero) is 1. The van der Waals surface area contributed by atoms with E-state index in [1.165, 1.54) is 4.90 Å². The number of nitrogens with zero attached hydrogens (tertiary/aromatic N) is 1. The summed E-state index contributed by atoms with van der Waals surface area (Å²) in [5, 5.41) is 0. The Labute approximate surface area is 108 Å². The molecule has 4 heteroatoms. The van der Waals surface area contributed by atoms with E-state index < -0.39 is 0 Å². The lowest BCUT2D eigenvalue weighted by atomic mass is 9.79. The Hall–Kier alpha value is -1.19. The molecule has 2 aliphatic rings. The fraction of sp³-hybridized carbons (Fsp3) is 0.786. The van der Waals surface area contributed by atoms with Crippen LogP contribution in [0.25, 0.3) is 0 Å². The number of carbonyl (C=O) groups is 3. The fourth-order valence-corrected chi connectivity index (χ4v) is 3.04. The number of likely N-dealkylation sites (tertiary alicyclic amines) is 1. The van der Waals surface area contributed by atoms with E-state index in [-0.39, 0.29) is 17.7 Å². The molecule has 1 aliphatic heterocycles. The third kappa shape index (κ3) is 2.79. The van der Waals surface area contributed by atoms with E-state index in [0.717, 1.165) is 25.7 Å². The van der Waals surface area contributed by atoms with Crippen molar-refractivity contribution < 1.29 is 14.4 Å². The van der Waals surface area contributed by atoms with Crippen LogP contribution in [0.15, 0.2) is 0 Å². The van der Waals surface area contributed by atoms with E-state index in [4.69, 9.17) is 0 Å². The van der Waals surface area contributed by atoms with Crippen molar-refractivity contribution in [2.75, 3.05) is 6.54 Å². The molecule has 1 aliphatic carbocycles. The van der Waals surface area contributed by atoms with Gasteiger partial charge in [-0.2, -0.15) is 0 Å². The lowest BCUT2D eigenvalue weighted by molar-refractivity contribution is -0.139. The second-order valence-corrected chi connectivity index (χ2v) is 5.44. The van der Waals surface area contributed by atoms with Crippen molar-refractivity contribution >= 4 is 17.6 Å². The maximum absolute atomic E-state index is 11.6. The molecule has 0 atom stereocenters. The Morgan fingerprint density at radius 3 is 2.17 bits per heavy atom. The van der Waals surface area contributed by atoms with E-state index in [1.807, 2.05) is 6.92 Å². The molecule has 0 bridgehead atoms. The molecule has 2 rings (SSSR count). The number of rotatable bonds is 4. The van der Waals surface area contributed by atoms with E-state index in [9.17, 15) is 14.4 Å². The highest BCUT2D eigenvalue weighted by Crippen LogP contribution is 2.31. The molecule has 0 aromatic heterocycles. The molecular weight excluding hydrogens is 230 g/mol. The van der Waals surface area contributed by atoms with Gasteiger partial charge in [-0.1, -0.05) is 6.92 Å². The van der Waals surface area contributed by atoms with Crippen LogP contribution in [0.2, 0.25) is 0 Å². The van der Waals surface area contributed by atoms with Gasteiger partial charge in [0.05, 0.1) is 0 Å². The third-order valence-corrected chi connectivity index (χ3v) is 4.25. The fourth-order valence-electron chi connectivity index (χ4n) is 3.04. The van der Waals surface area contributed by atoms with Crippen LogP contribution in [0.4, 0.5) is 0 Å². The monoisotopic (exact) mass is 251 g/mol. The number of hydrogen-bond acceptors (Lipinski definition) is 3. The van der Waals surface area contributed by atoms with Gasteiger partial charge in [-0.05, 0) is 31.6 Å². The van der Waals surface area contributed by atoms with Crippen LogP contribution in [-0.4, -0.2) is 29.0 Å². The van der Waals surface area contributed by atoms with E-state index in [2.05, 4.69) is 0 Å². The Kier molecular flexibility index (Phi) is 4.15. The molecule has 1 heterocycles. The van der Waals surface area contributed by atoms with Gasteiger partial charge in [-0.15, -0.1) is 0 Å². The molecule has 0 aromatic carbocycles. The van der Waals surface area contributed by atoms with Gasteiger partial charge in [0, 0.05) is 31.7 Å². The molecular formula is C14H21NO3. The van der Waals surface area contributed by atoms with Gasteiger partial charge in [-0.25, -0.2) is 0 Å². The molecule has 1 saturated carbocycles. The highest BCUT2D eigenvalue weighted by molar-refractivity contribution is 6.01. The third-order valence-electron chi connectivity index (χ3n) is 4.25. The molecule has 100 valence electrons. The van der Waals surface area contributed by atoms with E-state index in [0.29, 0.717) is 37.5 Å². The summed E-state index contributed by atoms with van der Waals surface area (Å²) in [7, 11) is 0. The smallest absolute Gasteiger partial charge is 0.229 e. The van der Waals surface area contributed by atoms with Crippen molar-refractivity contribution in [1.82, 2.24) is 4.90 Å². The first-order chi connectivity index (χ1) is 8.61. The van der Waals surface area contributed by atoms with Gasteiger partial charge in [0.25, 0.3) is 0 Å². The summed E-state index contributed by atoms with van der Waals surface area (Å²) in [6, 6.07) is 0. The zero-order valence-electron chi connectivity index (χ0n) is 11.0. The molecule has 4 nitrogen and oxygen atoms in total. The molecule has 0 aromatic rings. The minimum atomic E-state index is -0.0215. The highest BCUT2D eigenvalue weighted by atomic mass is 16.2. The van der Waals surface area contributed by atoms with Crippen molar-refractivity contribution in [3.63, 3.8) is 0 Å². The Morgan fingerprint density at radius 2 is 1.67 bits per heavy atom. The number of hydrogen-bond donors (Lipinski definition) is 0. The number of ketones is 1. The molecule has 0 N–H and O–H groups in total. The van der Waals surface area contributed by atoms with Gasteiger partial charge in [0.15, 0.2) is 0 Å². The Balaban J connectivity index is 1.82. The zero-order valence-corrected chi connectivity index (χ0v) is 11.0. The van der Waals surface area contributed by atoms with Crippen molar-refractivity contribution in [3.05, 3.63) is 0 Å². The van der Waals surface area contributed by atoms with Gasteiger partial charge < -0.3 is 0 Å². The van der Waals surface area contributed by atoms with Crippen LogP contribution in [0.5, 0.6) is 0 Å². The number of carbonyl (C=O) groups excluding carboxylic acids is 3. The normalized spacial score (nSPS) is 28.8. The predicted octanol–water partition coefficient (Wildman–Crippen LogP) is 1.92. The minimum absolute atomic E-state index is 0.0215. The molecule has 0 spiro atoms. The SMILES string of the molecule is CCC(=O)C1CCC(CN2C(=O)CCC2=O)CC1. The number of imide groups is 1. The predicted molar refractivity (Wildman–Crippen MR) is 66.7 cm³/mol. The van der Waals surface area contributed by atoms with Gasteiger partial charge in [0.2, 0.25) is 11.8 Å². The first-order valence-electron chi connectivity index (χ1n) is 6.97. The summed E-state index contributed by atoms with van der Waals surface area (Å²) in [6.07, 6.45) is 5.16. The number of amides is 2. The summed E-state index contributed by atoms with van der Waals surface area (Å²) in [5.74, 6) is 0.938. The maximum Gasteiger partial charge on any atom is 0.229 e. The minimum Gasteiger partial charge on any atom is -0.299 e. The van der Waals surface area contributed by atoms with Crippen LogP contribution in [0.3, 0.4) is 0 Å². The van der Waals surface area contributed by atoms with E-state index in [1.54, 1.807) is 0 Å². The van der Waals surface area contributed by atoms with Gasteiger partial charge in [0.1, 0.15) is 5.78 Å². The summed E-state index contributed by atoms with van der Waals surface area (Å²) in [6.45, 7) is 2.49. The van der Waals surface area contributed by atoms with Crippen LogP contribution in [-0.2, 0) is 14.4 Å². The molecule has 2 fully saturated rings. The Bertz CT molecular complexity index is 340. The van der Waals surface area contributed by atoms with Crippen molar-refractivity contribution in [3.8, 4) is 0 Å². The molecule has 2 amide bonds. The lowest BCUT2D eigenvalue weighted by Gasteiger charge is -2.29. The first-order valence-corrected chi connectivity index (χ1v) is 6.97. The van der Waals surface area contributed by atoms with Crippen molar-refractivity contribution in [2.45, 2.75) is 51.9 Å². The second kappa shape index (κ2) is 5.63. The summed E-state index contributed by atoms with van der Waals surface area (Å²) in [5.41, 5.74) is 0. The highest BCUT2D eigenvalue weighted by Gasteiger charge is 2.33. The van der Waals surface area contributed by atoms with Crippen molar-refractivity contribution in [1.29, 1.82) is 0 Å². The quantitative estimate of drug-likeness (QED) is 0.717. The summed E-state index contributed by atoms with van der Waals surface area (Å²) < 4.78 is 0. The summed E-state index contributed by atoms with van der Waals surface area (Å²) in [4.78, 5) is 36.1. The molecule has 0 unspecified atom stereocenters. The maximum atomic E-state index is 11.6. The van der Waals surface area contributed by atoms with Crippen LogP contribution in [0.1, 0.15) is 51.9 Å². The largest absolute Gasteiger partial charge is 0.299 e. The van der Waals surface area contributed by atoms with Crippen LogP contribution in [0, 0.1) is 11.8 Å². The topological polar surface area (TPSA) is 54.5 Å². The second-order valence-electron chi connectivity index (χ2n) is 5.44. The van der Waals surface area contributed by atoms with Crippen LogP contribution >= 0.6 is 0 Å².